The number of anilines is 1. The Labute approximate surface area is 197 Å². The molecule has 5 aromatic rings. The molecule has 1 aromatic carbocycles. The van der Waals surface area contributed by atoms with Crippen LogP contribution in [0.5, 0.6) is 0 Å². The van der Waals surface area contributed by atoms with Crippen LogP contribution in [0.25, 0.3) is 33.3 Å². The molecule has 8 heteroatoms. The first-order valence-electron chi connectivity index (χ1n) is 11.7. The molecule has 34 heavy (non-hydrogen) atoms. The molecule has 0 spiro atoms. The SMILES string of the molecule is Cc1nnn(C)c1-c1cnc2c3ccc(N)nc3n([C@H](c3ccccc3)C3CCOCC3)c2c1. The van der Waals surface area contributed by atoms with Gasteiger partial charge in [-0.1, -0.05) is 35.5 Å². The third-order valence-electron chi connectivity index (χ3n) is 6.91. The van der Waals surface area contributed by atoms with E-state index in [0.717, 1.165) is 65.1 Å². The lowest BCUT2D eigenvalue weighted by Crippen LogP contribution is -2.27. The van der Waals surface area contributed by atoms with Crippen LogP contribution in [0.1, 0.15) is 30.1 Å². The molecule has 0 bridgehead atoms. The van der Waals surface area contributed by atoms with Gasteiger partial charge in [-0.25, -0.2) is 9.67 Å². The average molecular weight is 454 g/mol. The first-order chi connectivity index (χ1) is 16.6. The molecule has 6 rings (SSSR count). The second-order valence-corrected chi connectivity index (χ2v) is 9.02. The highest BCUT2D eigenvalue weighted by molar-refractivity contribution is 6.05. The lowest BCUT2D eigenvalue weighted by Gasteiger charge is -2.32. The topological polar surface area (TPSA) is 96.7 Å². The van der Waals surface area contributed by atoms with Crippen molar-refractivity contribution in [3.8, 4) is 11.3 Å². The van der Waals surface area contributed by atoms with E-state index in [1.165, 1.54) is 5.56 Å². The molecular weight excluding hydrogens is 426 g/mol. The maximum absolute atomic E-state index is 6.19. The fourth-order valence-electron chi connectivity index (χ4n) is 5.37. The minimum Gasteiger partial charge on any atom is -0.384 e. The van der Waals surface area contributed by atoms with Crippen molar-refractivity contribution in [3.05, 3.63) is 66.0 Å². The molecule has 0 unspecified atom stereocenters. The molecule has 0 radical (unpaired) electrons. The van der Waals surface area contributed by atoms with E-state index >= 15 is 0 Å². The number of hydrogen-bond acceptors (Lipinski definition) is 6. The van der Waals surface area contributed by atoms with Gasteiger partial charge in [0.15, 0.2) is 0 Å². The van der Waals surface area contributed by atoms with Gasteiger partial charge in [-0.2, -0.15) is 0 Å². The smallest absolute Gasteiger partial charge is 0.145 e. The highest BCUT2D eigenvalue weighted by Crippen LogP contribution is 2.40. The molecule has 1 fully saturated rings. The number of ether oxygens (including phenoxy) is 1. The number of hydrogen-bond donors (Lipinski definition) is 1. The number of pyridine rings is 2. The van der Waals surface area contributed by atoms with E-state index in [2.05, 4.69) is 51.3 Å². The Kier molecular flexibility index (Phi) is 5.03. The van der Waals surface area contributed by atoms with Gasteiger partial charge in [-0.05, 0) is 49.4 Å². The molecule has 1 aliphatic heterocycles. The summed E-state index contributed by atoms with van der Waals surface area (Å²) in [7, 11) is 1.91. The van der Waals surface area contributed by atoms with Crippen LogP contribution in [0.4, 0.5) is 5.82 Å². The zero-order valence-electron chi connectivity index (χ0n) is 19.3. The van der Waals surface area contributed by atoms with Gasteiger partial charge in [0.25, 0.3) is 0 Å². The van der Waals surface area contributed by atoms with E-state index in [1.807, 2.05) is 32.3 Å². The van der Waals surface area contributed by atoms with Crippen molar-refractivity contribution in [2.24, 2.45) is 13.0 Å². The Hall–Kier alpha value is -3.78. The monoisotopic (exact) mass is 453 g/mol. The second-order valence-electron chi connectivity index (χ2n) is 9.02. The maximum Gasteiger partial charge on any atom is 0.145 e. The second kappa shape index (κ2) is 8.22. The molecule has 8 nitrogen and oxygen atoms in total. The van der Waals surface area contributed by atoms with Crippen molar-refractivity contribution in [2.45, 2.75) is 25.8 Å². The lowest BCUT2D eigenvalue weighted by atomic mass is 9.86. The molecule has 1 atom stereocenters. The first-order valence-corrected chi connectivity index (χ1v) is 11.7. The minimum absolute atomic E-state index is 0.0854. The molecule has 172 valence electrons. The summed E-state index contributed by atoms with van der Waals surface area (Å²) < 4.78 is 9.87. The maximum atomic E-state index is 6.19. The van der Waals surface area contributed by atoms with Crippen LogP contribution < -0.4 is 5.73 Å². The van der Waals surface area contributed by atoms with Crippen molar-refractivity contribution < 1.29 is 4.74 Å². The summed E-state index contributed by atoms with van der Waals surface area (Å²) in [6.45, 7) is 3.51. The number of nitrogens with zero attached hydrogens (tertiary/aromatic N) is 6. The van der Waals surface area contributed by atoms with Gasteiger partial charge in [-0.3, -0.25) is 4.98 Å². The Balaban J connectivity index is 1.67. The van der Waals surface area contributed by atoms with Crippen molar-refractivity contribution in [1.82, 2.24) is 29.5 Å². The van der Waals surface area contributed by atoms with Crippen LogP contribution in [-0.4, -0.2) is 42.7 Å². The van der Waals surface area contributed by atoms with E-state index in [4.69, 9.17) is 20.4 Å². The zero-order chi connectivity index (χ0) is 23.2. The minimum atomic E-state index is 0.0854. The number of fused-ring (bicyclic) bond motifs is 3. The van der Waals surface area contributed by atoms with E-state index < -0.39 is 0 Å². The molecule has 5 heterocycles. The molecule has 1 saturated heterocycles. The van der Waals surface area contributed by atoms with E-state index in [0.29, 0.717) is 11.7 Å². The number of rotatable bonds is 4. The number of aryl methyl sites for hydroxylation is 2. The Morgan fingerprint density at radius 2 is 1.88 bits per heavy atom. The van der Waals surface area contributed by atoms with Crippen molar-refractivity contribution >= 4 is 27.9 Å². The van der Waals surface area contributed by atoms with Crippen LogP contribution in [-0.2, 0) is 11.8 Å². The van der Waals surface area contributed by atoms with Gasteiger partial charge in [-0.15, -0.1) is 5.10 Å². The highest BCUT2D eigenvalue weighted by atomic mass is 16.5. The van der Waals surface area contributed by atoms with Gasteiger partial charge in [0.1, 0.15) is 11.5 Å². The van der Waals surface area contributed by atoms with Crippen LogP contribution in [0.15, 0.2) is 54.7 Å². The number of aromatic nitrogens is 6. The summed E-state index contributed by atoms with van der Waals surface area (Å²) in [6.07, 6.45) is 3.88. The van der Waals surface area contributed by atoms with Gasteiger partial charge >= 0.3 is 0 Å². The number of nitrogen functional groups attached to an aromatic ring is 1. The zero-order valence-corrected chi connectivity index (χ0v) is 19.3. The summed E-state index contributed by atoms with van der Waals surface area (Å²) in [5.41, 5.74) is 13.1. The Morgan fingerprint density at radius 3 is 2.62 bits per heavy atom. The van der Waals surface area contributed by atoms with Gasteiger partial charge in [0.2, 0.25) is 0 Å². The van der Waals surface area contributed by atoms with Gasteiger partial charge < -0.3 is 15.0 Å². The third-order valence-corrected chi connectivity index (χ3v) is 6.91. The van der Waals surface area contributed by atoms with Crippen molar-refractivity contribution in [3.63, 3.8) is 0 Å². The molecular formula is C26H27N7O. The predicted octanol–water partition coefficient (Wildman–Crippen LogP) is 4.29. The first kappa shape index (κ1) is 20.8. The van der Waals surface area contributed by atoms with Crippen LogP contribution >= 0.6 is 0 Å². The largest absolute Gasteiger partial charge is 0.384 e. The van der Waals surface area contributed by atoms with E-state index in [1.54, 1.807) is 4.68 Å². The summed E-state index contributed by atoms with van der Waals surface area (Å²) >= 11 is 0. The van der Waals surface area contributed by atoms with Crippen LogP contribution in [0, 0.1) is 12.8 Å². The fourth-order valence-corrected chi connectivity index (χ4v) is 5.37. The van der Waals surface area contributed by atoms with Crippen LogP contribution in [0.2, 0.25) is 0 Å². The lowest BCUT2D eigenvalue weighted by molar-refractivity contribution is 0.0552. The summed E-state index contributed by atoms with van der Waals surface area (Å²) in [6, 6.07) is 16.8. The highest BCUT2D eigenvalue weighted by Gasteiger charge is 2.30. The van der Waals surface area contributed by atoms with Crippen LogP contribution in [0.3, 0.4) is 0 Å². The number of benzene rings is 1. The van der Waals surface area contributed by atoms with Gasteiger partial charge in [0, 0.05) is 37.4 Å². The Morgan fingerprint density at radius 1 is 1.09 bits per heavy atom. The van der Waals surface area contributed by atoms with E-state index in [9.17, 15) is 0 Å². The third kappa shape index (κ3) is 3.33. The molecule has 2 N–H and O–H groups in total. The normalized spacial score (nSPS) is 15.8. The van der Waals surface area contributed by atoms with E-state index in [-0.39, 0.29) is 6.04 Å². The van der Waals surface area contributed by atoms with Crippen molar-refractivity contribution in [1.29, 1.82) is 0 Å². The standard InChI is InChI=1S/C26H27N7O/c1-16-24(32(2)31-30-16)19-14-21-23(28-15-19)20-8-9-22(27)29-26(20)33(21)25(17-6-4-3-5-7-17)18-10-12-34-13-11-18/h3-9,14-15,18,25H,10-13H2,1-2H3,(H2,27,29)/t25-/m1/s1. The molecule has 4 aromatic heterocycles. The number of nitrogens with two attached hydrogens (primary N) is 1. The quantitative estimate of drug-likeness (QED) is 0.436. The predicted molar refractivity (Wildman–Crippen MR) is 132 cm³/mol. The molecule has 0 saturated carbocycles. The summed E-state index contributed by atoms with van der Waals surface area (Å²) in [4.78, 5) is 9.74. The molecule has 1 aliphatic rings. The fraction of sp³-hybridized carbons (Fsp3) is 0.308. The summed E-state index contributed by atoms with van der Waals surface area (Å²) in [5.74, 6) is 0.907. The van der Waals surface area contributed by atoms with Crippen molar-refractivity contribution in [2.75, 3.05) is 18.9 Å². The molecule has 0 aliphatic carbocycles. The molecule has 0 amide bonds. The Bertz CT molecular complexity index is 1460. The average Bonchev–Trinajstić information content (AvgIpc) is 3.36. The summed E-state index contributed by atoms with van der Waals surface area (Å²) in [5, 5.41) is 9.44. The van der Waals surface area contributed by atoms with Gasteiger partial charge in [0.05, 0.1) is 28.5 Å².